The Hall–Kier alpha value is -0.590. The second-order valence-electron chi connectivity index (χ2n) is 2.38. The van der Waals surface area contributed by atoms with Gasteiger partial charge in [-0.2, -0.15) is 5.26 Å². The number of hydrogen-bond acceptors (Lipinski definition) is 3. The molecular weight excluding hydrogens is 114 g/mol. The van der Waals surface area contributed by atoms with Crippen LogP contribution in [0.1, 0.15) is 19.3 Å². The molecule has 0 radical (unpaired) electrons. The standard InChI is InChI=1S/C6H11N3/c7-4-1-5-9(8)6-2-3-6/h6H,1-3,5,8H2. The summed E-state index contributed by atoms with van der Waals surface area (Å²) in [6.07, 6.45) is 2.97. The van der Waals surface area contributed by atoms with Crippen LogP contribution in [0, 0.1) is 11.3 Å². The molecular formula is C6H11N3. The zero-order chi connectivity index (χ0) is 6.69. The van der Waals surface area contributed by atoms with Crippen LogP contribution in [0.2, 0.25) is 0 Å². The zero-order valence-corrected chi connectivity index (χ0v) is 5.38. The Morgan fingerprint density at radius 1 is 1.67 bits per heavy atom. The van der Waals surface area contributed by atoms with Gasteiger partial charge in [0.15, 0.2) is 0 Å². The van der Waals surface area contributed by atoms with E-state index in [1.54, 1.807) is 5.01 Å². The molecule has 0 aromatic heterocycles. The van der Waals surface area contributed by atoms with Crippen LogP contribution in [0.3, 0.4) is 0 Å². The lowest BCUT2D eigenvalue weighted by molar-refractivity contribution is 0.279. The van der Waals surface area contributed by atoms with Gasteiger partial charge in [0.1, 0.15) is 0 Å². The minimum Gasteiger partial charge on any atom is -0.269 e. The predicted octanol–water partition coefficient (Wildman–Crippen LogP) is 0.238. The van der Waals surface area contributed by atoms with Crippen LogP contribution in [0.5, 0.6) is 0 Å². The van der Waals surface area contributed by atoms with E-state index in [2.05, 4.69) is 6.07 Å². The van der Waals surface area contributed by atoms with Gasteiger partial charge in [-0.25, -0.2) is 5.01 Å². The molecule has 1 fully saturated rings. The summed E-state index contributed by atoms with van der Waals surface area (Å²) < 4.78 is 0. The highest BCUT2D eigenvalue weighted by Crippen LogP contribution is 2.23. The maximum Gasteiger partial charge on any atom is 0.0635 e. The molecule has 0 aromatic carbocycles. The van der Waals surface area contributed by atoms with Gasteiger partial charge in [-0.3, -0.25) is 5.84 Å². The molecule has 0 atom stereocenters. The van der Waals surface area contributed by atoms with E-state index in [1.807, 2.05) is 0 Å². The van der Waals surface area contributed by atoms with Crippen LogP contribution in [-0.2, 0) is 0 Å². The Kier molecular flexibility index (Phi) is 2.04. The Bertz CT molecular complexity index is 123. The lowest BCUT2D eigenvalue weighted by Crippen LogP contribution is -2.33. The highest BCUT2D eigenvalue weighted by atomic mass is 15.4. The van der Waals surface area contributed by atoms with Crippen molar-refractivity contribution in [3.63, 3.8) is 0 Å². The van der Waals surface area contributed by atoms with Crippen LogP contribution in [0.15, 0.2) is 0 Å². The lowest BCUT2D eigenvalue weighted by atomic mass is 10.4. The third kappa shape index (κ3) is 2.00. The second kappa shape index (κ2) is 2.81. The van der Waals surface area contributed by atoms with E-state index in [0.717, 1.165) is 6.54 Å². The van der Waals surface area contributed by atoms with Gasteiger partial charge in [0, 0.05) is 19.0 Å². The molecule has 0 amide bonds. The van der Waals surface area contributed by atoms with Gasteiger partial charge in [0.2, 0.25) is 0 Å². The molecule has 0 spiro atoms. The summed E-state index contributed by atoms with van der Waals surface area (Å²) in [6, 6.07) is 2.64. The van der Waals surface area contributed by atoms with Crippen LogP contribution in [0.25, 0.3) is 0 Å². The number of rotatable bonds is 3. The molecule has 9 heavy (non-hydrogen) atoms. The molecule has 1 rings (SSSR count). The van der Waals surface area contributed by atoms with Crippen LogP contribution in [-0.4, -0.2) is 17.6 Å². The minimum absolute atomic E-state index is 0.549. The Morgan fingerprint density at radius 2 is 2.33 bits per heavy atom. The van der Waals surface area contributed by atoms with Gasteiger partial charge in [-0.1, -0.05) is 0 Å². The molecule has 3 heteroatoms. The molecule has 0 heterocycles. The van der Waals surface area contributed by atoms with Crippen molar-refractivity contribution in [3.05, 3.63) is 0 Å². The van der Waals surface area contributed by atoms with Crippen molar-refractivity contribution < 1.29 is 0 Å². The number of hydrazine groups is 1. The Morgan fingerprint density at radius 3 is 2.78 bits per heavy atom. The molecule has 50 valence electrons. The first-order valence-electron chi connectivity index (χ1n) is 3.23. The van der Waals surface area contributed by atoms with Crippen LogP contribution in [0.4, 0.5) is 0 Å². The Labute approximate surface area is 55.0 Å². The number of nitriles is 1. The molecule has 0 aliphatic heterocycles. The average Bonchev–Trinajstić information content (AvgIpc) is 2.63. The summed E-state index contributed by atoms with van der Waals surface area (Å²) >= 11 is 0. The maximum atomic E-state index is 8.19. The third-order valence-corrected chi connectivity index (χ3v) is 1.50. The van der Waals surface area contributed by atoms with Crippen LogP contribution >= 0.6 is 0 Å². The number of hydrogen-bond donors (Lipinski definition) is 1. The van der Waals surface area contributed by atoms with Gasteiger partial charge in [0.05, 0.1) is 6.07 Å². The maximum absolute atomic E-state index is 8.19. The smallest absolute Gasteiger partial charge is 0.0635 e. The van der Waals surface area contributed by atoms with Crippen molar-refractivity contribution in [3.8, 4) is 6.07 Å². The molecule has 0 bridgehead atoms. The highest BCUT2D eigenvalue weighted by molar-refractivity contribution is 4.83. The zero-order valence-electron chi connectivity index (χ0n) is 5.38. The fraction of sp³-hybridized carbons (Fsp3) is 0.833. The molecule has 1 aliphatic rings. The van der Waals surface area contributed by atoms with Gasteiger partial charge in [-0.05, 0) is 12.8 Å². The van der Waals surface area contributed by atoms with Crippen molar-refractivity contribution in [2.24, 2.45) is 5.84 Å². The first-order chi connectivity index (χ1) is 4.34. The summed E-state index contributed by atoms with van der Waals surface area (Å²) in [5.41, 5.74) is 0. The largest absolute Gasteiger partial charge is 0.269 e. The Balaban J connectivity index is 2.04. The monoisotopic (exact) mass is 125 g/mol. The minimum atomic E-state index is 0.549. The summed E-state index contributed by atoms with van der Waals surface area (Å²) in [6.45, 7) is 0.723. The van der Waals surface area contributed by atoms with E-state index in [1.165, 1.54) is 12.8 Å². The predicted molar refractivity (Wildman–Crippen MR) is 34.1 cm³/mol. The molecule has 0 saturated heterocycles. The van der Waals surface area contributed by atoms with Crippen molar-refractivity contribution in [2.45, 2.75) is 25.3 Å². The summed E-state index contributed by atoms with van der Waals surface area (Å²) in [5.74, 6) is 5.55. The van der Waals surface area contributed by atoms with Gasteiger partial charge >= 0.3 is 0 Å². The average molecular weight is 125 g/mol. The molecule has 2 N–H and O–H groups in total. The van der Waals surface area contributed by atoms with E-state index in [4.69, 9.17) is 11.1 Å². The van der Waals surface area contributed by atoms with E-state index in [-0.39, 0.29) is 0 Å². The molecule has 1 saturated carbocycles. The second-order valence-corrected chi connectivity index (χ2v) is 2.38. The first-order valence-corrected chi connectivity index (χ1v) is 3.23. The first kappa shape index (κ1) is 6.53. The third-order valence-electron chi connectivity index (χ3n) is 1.50. The normalized spacial score (nSPS) is 17.9. The van der Waals surface area contributed by atoms with E-state index >= 15 is 0 Å². The fourth-order valence-electron chi connectivity index (χ4n) is 0.768. The SMILES string of the molecule is N#CCCN(N)C1CC1. The number of nitrogens with two attached hydrogens (primary N) is 1. The summed E-state index contributed by atoms with van der Waals surface area (Å²) in [7, 11) is 0. The summed E-state index contributed by atoms with van der Waals surface area (Å²) in [5, 5.41) is 9.95. The van der Waals surface area contributed by atoms with E-state index in [0.29, 0.717) is 12.5 Å². The quantitative estimate of drug-likeness (QED) is 0.434. The van der Waals surface area contributed by atoms with Gasteiger partial charge in [-0.15, -0.1) is 0 Å². The van der Waals surface area contributed by atoms with E-state index < -0.39 is 0 Å². The number of nitrogens with zero attached hydrogens (tertiary/aromatic N) is 2. The van der Waals surface area contributed by atoms with Gasteiger partial charge < -0.3 is 0 Å². The highest BCUT2D eigenvalue weighted by Gasteiger charge is 2.25. The molecule has 3 nitrogen and oxygen atoms in total. The van der Waals surface area contributed by atoms with Crippen molar-refractivity contribution >= 4 is 0 Å². The van der Waals surface area contributed by atoms with Crippen molar-refractivity contribution in [2.75, 3.05) is 6.54 Å². The van der Waals surface area contributed by atoms with Crippen LogP contribution < -0.4 is 5.84 Å². The fourth-order valence-corrected chi connectivity index (χ4v) is 0.768. The topological polar surface area (TPSA) is 53.0 Å². The van der Waals surface area contributed by atoms with Crippen molar-refractivity contribution in [1.29, 1.82) is 5.26 Å². The lowest BCUT2D eigenvalue weighted by Gasteiger charge is -2.11. The van der Waals surface area contributed by atoms with Crippen molar-refractivity contribution in [1.82, 2.24) is 5.01 Å². The molecule has 0 aromatic rings. The molecule has 1 aliphatic carbocycles. The molecule has 0 unspecified atom stereocenters. The van der Waals surface area contributed by atoms with E-state index in [9.17, 15) is 0 Å². The summed E-state index contributed by atoms with van der Waals surface area (Å²) in [4.78, 5) is 0. The van der Waals surface area contributed by atoms with Gasteiger partial charge in [0.25, 0.3) is 0 Å².